The van der Waals surface area contributed by atoms with Gasteiger partial charge in [0, 0.05) is 0 Å². The van der Waals surface area contributed by atoms with Gasteiger partial charge in [-0.2, -0.15) is 13.2 Å². The highest BCUT2D eigenvalue weighted by molar-refractivity contribution is 6.32. The summed E-state index contributed by atoms with van der Waals surface area (Å²) in [4.78, 5) is 13.6. The largest absolute Gasteiger partial charge is 0.433 e. The van der Waals surface area contributed by atoms with Gasteiger partial charge >= 0.3 is 12.6 Å². The summed E-state index contributed by atoms with van der Waals surface area (Å²) in [5, 5.41) is -0.889. The third-order valence-corrected chi connectivity index (χ3v) is 1.89. The maximum Gasteiger partial charge on any atom is 0.433 e. The molecule has 88 valence electrons. The summed E-state index contributed by atoms with van der Waals surface area (Å²) in [6.45, 7) is 0. The van der Waals surface area contributed by atoms with Crippen LogP contribution in [0, 0.1) is 0 Å². The van der Waals surface area contributed by atoms with E-state index in [1.165, 1.54) is 0 Å². The fourth-order valence-corrected chi connectivity index (χ4v) is 1.14. The van der Waals surface area contributed by atoms with E-state index in [2.05, 4.69) is 4.98 Å². The Morgan fingerprint density at radius 2 is 1.88 bits per heavy atom. The summed E-state index contributed by atoms with van der Waals surface area (Å²) < 4.78 is 60.3. The number of hydrogen-bond donors (Lipinski definition) is 0. The second-order valence-corrected chi connectivity index (χ2v) is 3.06. The van der Waals surface area contributed by atoms with Crippen molar-refractivity contribution in [1.29, 1.82) is 0 Å². The number of nitrogens with zero attached hydrogens (tertiary/aromatic N) is 1. The molecule has 0 aliphatic heterocycles. The number of rotatable bonds is 2. The van der Waals surface area contributed by atoms with Crippen molar-refractivity contribution in [3.63, 3.8) is 0 Å². The Bertz CT molecular complexity index is 417. The number of carbonyl (C=O) groups excluding carboxylic acids is 1. The van der Waals surface area contributed by atoms with Crippen LogP contribution in [0.25, 0.3) is 0 Å². The minimum absolute atomic E-state index is 0.418. The third kappa shape index (κ3) is 2.66. The lowest BCUT2D eigenvalue weighted by Gasteiger charge is -2.07. The second-order valence-electron chi connectivity index (χ2n) is 2.70. The molecule has 0 amide bonds. The molecule has 0 bridgehead atoms. The molecule has 1 rings (SSSR count). The predicted octanol–water partition coefficient (Wildman–Crippen LogP) is 3.20. The van der Waals surface area contributed by atoms with Gasteiger partial charge in [0.2, 0.25) is 5.78 Å². The number of Topliss-reactive ketones (excluding diaryl/α,β-unsaturated/α-hetero) is 1. The number of alkyl halides is 5. The number of ketones is 1. The molecule has 0 saturated carbocycles. The van der Waals surface area contributed by atoms with Crippen molar-refractivity contribution in [2.75, 3.05) is 0 Å². The molecule has 0 spiro atoms. The summed E-state index contributed by atoms with van der Waals surface area (Å²) in [6, 6.07) is 0.994. The van der Waals surface area contributed by atoms with Gasteiger partial charge in [-0.05, 0) is 12.1 Å². The lowest BCUT2D eigenvalue weighted by atomic mass is 10.2. The van der Waals surface area contributed by atoms with Crippen LogP contribution in [0.4, 0.5) is 22.0 Å². The highest BCUT2D eigenvalue weighted by Crippen LogP contribution is 2.29. The van der Waals surface area contributed by atoms with Gasteiger partial charge in [-0.1, -0.05) is 11.6 Å². The smallest absolute Gasteiger partial charge is 0.288 e. The zero-order valence-corrected chi connectivity index (χ0v) is 8.11. The van der Waals surface area contributed by atoms with Crippen molar-refractivity contribution in [3.05, 3.63) is 28.5 Å². The molecule has 0 aliphatic carbocycles. The lowest BCUT2D eigenvalue weighted by molar-refractivity contribution is -0.141. The summed E-state index contributed by atoms with van der Waals surface area (Å²) in [5.74, 6) is -1.66. The molecule has 0 radical (unpaired) electrons. The molecule has 2 nitrogen and oxygen atoms in total. The first kappa shape index (κ1) is 12.8. The summed E-state index contributed by atoms with van der Waals surface area (Å²) >= 11 is 5.21. The molecule has 0 aliphatic rings. The molecule has 16 heavy (non-hydrogen) atoms. The second kappa shape index (κ2) is 4.32. The molecule has 0 aromatic carbocycles. The minimum Gasteiger partial charge on any atom is -0.288 e. The van der Waals surface area contributed by atoms with E-state index in [1.807, 2.05) is 0 Å². The topological polar surface area (TPSA) is 30.0 Å². The van der Waals surface area contributed by atoms with Crippen LogP contribution in [0.1, 0.15) is 16.1 Å². The fourth-order valence-electron chi connectivity index (χ4n) is 0.893. The van der Waals surface area contributed by atoms with Crippen LogP contribution in [0.2, 0.25) is 5.15 Å². The molecule has 0 atom stereocenters. The van der Waals surface area contributed by atoms with Crippen LogP contribution in [-0.4, -0.2) is 17.2 Å². The molecule has 0 N–H and O–H groups in total. The molecule has 0 fully saturated rings. The molecular weight excluding hydrogens is 257 g/mol. The number of pyridine rings is 1. The highest BCUT2D eigenvalue weighted by Gasteiger charge is 2.33. The lowest BCUT2D eigenvalue weighted by Crippen LogP contribution is -2.14. The van der Waals surface area contributed by atoms with Gasteiger partial charge < -0.3 is 0 Å². The zero-order valence-electron chi connectivity index (χ0n) is 7.36. The monoisotopic (exact) mass is 259 g/mol. The van der Waals surface area contributed by atoms with Crippen molar-refractivity contribution in [1.82, 2.24) is 4.98 Å². The van der Waals surface area contributed by atoms with Crippen LogP contribution in [0.3, 0.4) is 0 Å². The average molecular weight is 260 g/mol. The SMILES string of the molecule is O=C(c1ccc(C(F)(F)F)nc1Cl)C(F)F. The van der Waals surface area contributed by atoms with Crippen molar-refractivity contribution in [2.24, 2.45) is 0 Å². The van der Waals surface area contributed by atoms with Crippen molar-refractivity contribution < 1.29 is 26.7 Å². The maximum absolute atomic E-state index is 12.1. The van der Waals surface area contributed by atoms with Gasteiger partial charge in [0.15, 0.2) is 0 Å². The first-order valence-electron chi connectivity index (χ1n) is 3.79. The van der Waals surface area contributed by atoms with E-state index < -0.39 is 34.8 Å². The maximum atomic E-state index is 12.1. The van der Waals surface area contributed by atoms with Gasteiger partial charge in [0.1, 0.15) is 10.8 Å². The van der Waals surface area contributed by atoms with E-state index in [9.17, 15) is 26.7 Å². The molecule has 8 heteroatoms. The Kier molecular flexibility index (Phi) is 3.47. The number of halogens is 6. The van der Waals surface area contributed by atoms with Crippen LogP contribution in [-0.2, 0) is 6.18 Å². The van der Waals surface area contributed by atoms with Gasteiger partial charge in [0.25, 0.3) is 0 Å². The molecule has 1 aromatic rings. The average Bonchev–Trinajstić information content (AvgIpc) is 2.15. The first-order valence-corrected chi connectivity index (χ1v) is 4.17. The van der Waals surface area contributed by atoms with Crippen LogP contribution < -0.4 is 0 Å². The standard InChI is InChI=1S/C8H3ClF5NO/c9-6-3(5(16)7(10)11)1-2-4(15-6)8(12,13)14/h1-2,7H. The Morgan fingerprint density at radius 1 is 1.31 bits per heavy atom. The number of carbonyl (C=O) groups is 1. The van der Waals surface area contributed by atoms with Crippen LogP contribution in [0.5, 0.6) is 0 Å². The molecule has 0 saturated heterocycles. The van der Waals surface area contributed by atoms with Gasteiger partial charge in [-0.15, -0.1) is 0 Å². The van der Waals surface area contributed by atoms with Gasteiger partial charge in [0.05, 0.1) is 5.56 Å². The van der Waals surface area contributed by atoms with E-state index in [0.29, 0.717) is 12.1 Å². The van der Waals surface area contributed by atoms with E-state index >= 15 is 0 Å². The Labute approximate surface area is 91.0 Å². The van der Waals surface area contributed by atoms with Crippen molar-refractivity contribution in [3.8, 4) is 0 Å². The normalized spacial score (nSPS) is 11.9. The summed E-state index contributed by atoms with van der Waals surface area (Å²) in [6.07, 6.45) is -8.08. The minimum atomic E-state index is -4.74. The predicted molar refractivity (Wildman–Crippen MR) is 44.6 cm³/mol. The van der Waals surface area contributed by atoms with E-state index in [4.69, 9.17) is 11.6 Å². The Hall–Kier alpha value is -1.24. The molecule has 1 aromatic heterocycles. The van der Waals surface area contributed by atoms with Crippen molar-refractivity contribution >= 4 is 17.4 Å². The summed E-state index contributed by atoms with van der Waals surface area (Å²) in [5.41, 5.74) is -2.08. The first-order chi connectivity index (χ1) is 7.23. The number of aromatic nitrogens is 1. The third-order valence-electron chi connectivity index (χ3n) is 1.60. The Morgan fingerprint density at radius 3 is 2.25 bits per heavy atom. The molecular formula is C8H3ClF5NO. The van der Waals surface area contributed by atoms with Crippen molar-refractivity contribution in [2.45, 2.75) is 12.6 Å². The quantitative estimate of drug-likeness (QED) is 0.464. The zero-order chi connectivity index (χ0) is 12.5. The summed E-state index contributed by atoms with van der Waals surface area (Å²) in [7, 11) is 0. The van der Waals surface area contributed by atoms with E-state index in [0.717, 1.165) is 0 Å². The molecule has 0 unspecified atom stereocenters. The number of hydrogen-bond acceptors (Lipinski definition) is 2. The molecule has 1 heterocycles. The van der Waals surface area contributed by atoms with Gasteiger partial charge in [-0.25, -0.2) is 13.8 Å². The van der Waals surface area contributed by atoms with E-state index in [-0.39, 0.29) is 0 Å². The van der Waals surface area contributed by atoms with Crippen LogP contribution >= 0.6 is 11.6 Å². The van der Waals surface area contributed by atoms with Gasteiger partial charge in [-0.3, -0.25) is 4.79 Å². The highest BCUT2D eigenvalue weighted by atomic mass is 35.5. The Balaban J connectivity index is 3.15. The van der Waals surface area contributed by atoms with E-state index in [1.54, 1.807) is 0 Å². The van der Waals surface area contributed by atoms with Crippen LogP contribution in [0.15, 0.2) is 12.1 Å². The fraction of sp³-hybridized carbons (Fsp3) is 0.250.